The Morgan fingerprint density at radius 3 is 1.75 bits per heavy atom. The second kappa shape index (κ2) is 17.4. The van der Waals surface area contributed by atoms with Crippen LogP contribution in [0, 0.1) is 13.8 Å². The molecule has 1 aliphatic heterocycles. The first kappa shape index (κ1) is 34.7. The maximum Gasteiger partial charge on any atom is 1.00 e. The van der Waals surface area contributed by atoms with Gasteiger partial charge in [0.05, 0.1) is 6.61 Å². The Balaban J connectivity index is 0.000000320. The van der Waals surface area contributed by atoms with E-state index in [1.165, 1.54) is 0 Å². The van der Waals surface area contributed by atoms with Crippen LogP contribution < -0.4 is 29.6 Å². The van der Waals surface area contributed by atoms with Gasteiger partial charge in [-0.2, -0.15) is 0 Å². The molecule has 1 fully saturated rings. The summed E-state index contributed by atoms with van der Waals surface area (Å²) in [5.74, 6) is -0.728. The fourth-order valence-electron chi connectivity index (χ4n) is 3.48. The number of carboxylic acids is 1. The van der Waals surface area contributed by atoms with E-state index in [4.69, 9.17) is 28.5 Å². The van der Waals surface area contributed by atoms with Gasteiger partial charge in [0.25, 0.3) is 0 Å². The number of carbonyl (C=O) groups is 2. The van der Waals surface area contributed by atoms with Crippen molar-refractivity contribution in [3.63, 3.8) is 0 Å². The largest absolute Gasteiger partial charge is 1.00 e. The van der Waals surface area contributed by atoms with Gasteiger partial charge >= 0.3 is 41.5 Å². The monoisotopic (exact) mass is 562 g/mol. The topological polar surface area (TPSA) is 175 Å². The third-order valence-electron chi connectivity index (χ3n) is 5.12. The molecule has 1 aliphatic rings. The molecule has 2 aromatic heterocycles. The minimum absolute atomic E-state index is 0. The Morgan fingerprint density at radius 1 is 0.900 bits per heavy atom. The van der Waals surface area contributed by atoms with Gasteiger partial charge in [0.1, 0.15) is 11.4 Å². The Kier molecular flexibility index (Phi) is 15.1. The molecule has 0 spiro atoms. The number of carboxylic acid groups (broad SMARTS) is 1. The molecule has 0 amide bonds. The molecule has 208 valence electrons. The van der Waals surface area contributed by atoms with E-state index in [0.717, 1.165) is 30.6 Å². The Hall–Kier alpha value is -3.32. The second-order valence-corrected chi connectivity index (χ2v) is 8.05. The molecule has 0 saturated carbocycles. The number of hydrogen-bond donors (Lipinski definition) is 2. The number of ether oxygens (including phenoxy) is 2. The second-order valence-electron chi connectivity index (χ2n) is 8.05. The van der Waals surface area contributed by atoms with Crippen LogP contribution in [0.1, 0.15) is 52.7 Å². The molecule has 4 aromatic rings. The van der Waals surface area contributed by atoms with Crippen molar-refractivity contribution >= 4 is 11.9 Å². The van der Waals surface area contributed by atoms with Crippen molar-refractivity contribution in [2.75, 3.05) is 13.2 Å². The number of rotatable bonds is 5. The van der Waals surface area contributed by atoms with Crippen molar-refractivity contribution in [2.45, 2.75) is 39.9 Å². The minimum Gasteiger partial charge on any atom is -0.870 e. The van der Waals surface area contributed by atoms with Crippen molar-refractivity contribution in [3.8, 4) is 22.5 Å². The van der Waals surface area contributed by atoms with Crippen molar-refractivity contribution < 1.29 is 73.1 Å². The first-order chi connectivity index (χ1) is 18.3. The molecule has 0 radical (unpaired) electrons. The minimum atomic E-state index is -1.10. The number of nitrogens with zero attached hydrogens (tertiary/aromatic N) is 2. The van der Waals surface area contributed by atoms with E-state index < -0.39 is 18.2 Å². The molecule has 0 aliphatic carbocycles. The van der Waals surface area contributed by atoms with Crippen molar-refractivity contribution in [1.29, 1.82) is 0 Å². The molecule has 1 saturated heterocycles. The zero-order valence-electron chi connectivity index (χ0n) is 22.9. The molecule has 5 rings (SSSR count). The van der Waals surface area contributed by atoms with Gasteiger partial charge < -0.3 is 34.0 Å². The van der Waals surface area contributed by atoms with Gasteiger partial charge in [-0.1, -0.05) is 60.7 Å². The number of aromatic nitrogens is 2. The first-order valence-corrected chi connectivity index (χ1v) is 12.1. The molecular formula is C28H31N2NaO9. The predicted molar refractivity (Wildman–Crippen MR) is 139 cm³/mol. The van der Waals surface area contributed by atoms with Gasteiger partial charge in [-0.25, -0.2) is 19.6 Å². The van der Waals surface area contributed by atoms with Crippen LogP contribution in [0.25, 0.3) is 22.5 Å². The maximum absolute atomic E-state index is 11.7. The summed E-state index contributed by atoms with van der Waals surface area (Å²) in [4.78, 5) is 30.8. The molecule has 11 nitrogen and oxygen atoms in total. The van der Waals surface area contributed by atoms with Gasteiger partial charge in [0, 0.05) is 38.0 Å². The molecule has 1 atom stereocenters. The number of esters is 1. The first-order valence-electron chi connectivity index (χ1n) is 12.1. The van der Waals surface area contributed by atoms with Crippen LogP contribution in [0.3, 0.4) is 0 Å². The van der Waals surface area contributed by atoms with E-state index in [-0.39, 0.29) is 46.6 Å². The van der Waals surface area contributed by atoms with Crippen LogP contribution in [0.2, 0.25) is 0 Å². The van der Waals surface area contributed by atoms with E-state index in [1.54, 1.807) is 32.9 Å². The maximum atomic E-state index is 11.7. The van der Waals surface area contributed by atoms with Crippen LogP contribution >= 0.6 is 0 Å². The summed E-state index contributed by atoms with van der Waals surface area (Å²) >= 11 is 0. The number of carbonyl (C=O) groups excluding carboxylic acids is 1. The number of aliphatic hydroxyl groups is 1. The summed E-state index contributed by atoms with van der Waals surface area (Å²) in [7, 11) is 0. The normalized spacial score (nSPS) is 13.3. The SMILES string of the molecule is CCOC(=O)c1oc(C)nc1-c1ccccc1.Cc1nc(-c2ccccc2)c(C(=O)O)o1.OC1CCCO1.[Na+].[OH-]. The summed E-state index contributed by atoms with van der Waals surface area (Å²) in [6.45, 7) is 6.13. The van der Waals surface area contributed by atoms with E-state index in [2.05, 4.69) is 9.97 Å². The summed E-state index contributed by atoms with van der Waals surface area (Å²) in [6, 6.07) is 18.5. The fourth-order valence-corrected chi connectivity index (χ4v) is 3.48. The summed E-state index contributed by atoms with van der Waals surface area (Å²) < 4.78 is 20.0. The molecule has 3 N–H and O–H groups in total. The Bertz CT molecular complexity index is 1320. The van der Waals surface area contributed by atoms with Crippen molar-refractivity contribution in [2.24, 2.45) is 0 Å². The van der Waals surface area contributed by atoms with Gasteiger partial charge in [-0.3, -0.25) is 0 Å². The quantitative estimate of drug-likeness (QED) is 0.269. The average molecular weight is 563 g/mol. The molecular weight excluding hydrogens is 531 g/mol. The molecule has 12 heteroatoms. The number of hydrogen-bond acceptors (Lipinski definition) is 10. The summed E-state index contributed by atoms with van der Waals surface area (Å²) in [6.07, 6.45) is 1.38. The Labute approximate surface area is 253 Å². The standard InChI is InChI=1S/C13H13NO3.C11H9NO3.C4H8O2.Na.H2O/c1-3-16-13(15)12-11(14-9(2)17-12)10-7-5-4-6-8-10;1-7-12-9(10(15-7)11(13)14)8-5-3-2-4-6-8;5-4-2-1-3-6-4;;/h4-8H,3H2,1-2H3;2-6H,1H3,(H,13,14);4-5H,1-3H2;;1H2/q;;;+1;/p-1. The number of aliphatic hydroxyl groups excluding tert-OH is 1. The van der Waals surface area contributed by atoms with Gasteiger partial charge in [-0.05, 0) is 13.3 Å². The molecule has 40 heavy (non-hydrogen) atoms. The van der Waals surface area contributed by atoms with Crippen molar-refractivity contribution in [3.05, 3.63) is 84.0 Å². The molecule has 0 bridgehead atoms. The van der Waals surface area contributed by atoms with Gasteiger partial charge in [-0.15, -0.1) is 0 Å². The summed E-state index contributed by atoms with van der Waals surface area (Å²) in [5.41, 5.74) is 2.49. The van der Waals surface area contributed by atoms with E-state index in [0.29, 0.717) is 29.8 Å². The molecule has 3 heterocycles. The smallest absolute Gasteiger partial charge is 0.870 e. The van der Waals surface area contributed by atoms with Gasteiger partial charge in [0.15, 0.2) is 18.1 Å². The van der Waals surface area contributed by atoms with Crippen LogP contribution in [0.4, 0.5) is 0 Å². The van der Waals surface area contributed by atoms with Crippen LogP contribution in [0.15, 0.2) is 69.5 Å². The Morgan fingerprint density at radius 2 is 1.38 bits per heavy atom. The van der Waals surface area contributed by atoms with E-state index >= 15 is 0 Å². The number of aryl methyl sites for hydroxylation is 2. The zero-order chi connectivity index (χ0) is 27.5. The fraction of sp³-hybridized carbons (Fsp3) is 0.286. The third kappa shape index (κ3) is 10.0. The molecule has 1 unspecified atom stereocenters. The van der Waals surface area contributed by atoms with Crippen LogP contribution in [0.5, 0.6) is 0 Å². The third-order valence-corrected chi connectivity index (χ3v) is 5.12. The van der Waals surface area contributed by atoms with Gasteiger partial charge in [0.2, 0.25) is 11.5 Å². The number of oxazole rings is 2. The van der Waals surface area contributed by atoms with Crippen LogP contribution in [-0.4, -0.2) is 57.1 Å². The zero-order valence-corrected chi connectivity index (χ0v) is 24.9. The van der Waals surface area contributed by atoms with E-state index in [9.17, 15) is 9.59 Å². The predicted octanol–water partition coefficient (Wildman–Crippen LogP) is 2.12. The van der Waals surface area contributed by atoms with Crippen LogP contribution in [-0.2, 0) is 9.47 Å². The summed E-state index contributed by atoms with van der Waals surface area (Å²) in [5, 5.41) is 17.4. The average Bonchev–Trinajstić information content (AvgIpc) is 3.66. The van der Waals surface area contributed by atoms with Crippen molar-refractivity contribution in [1.82, 2.24) is 9.97 Å². The van der Waals surface area contributed by atoms with E-state index in [1.807, 2.05) is 48.5 Å². The number of aromatic carboxylic acids is 1. The molecule has 2 aromatic carbocycles. The number of benzene rings is 2.